The van der Waals surface area contributed by atoms with Crippen molar-refractivity contribution in [2.45, 2.75) is 38.3 Å². The standard InChI is InChI=1S/C7H13N/c1-5-7(8-5)6-3-2-4-6/h5-8H,2-4H2,1H3/t5-,7-/m0/s1. The zero-order chi connectivity index (χ0) is 5.56. The van der Waals surface area contributed by atoms with Crippen LogP contribution in [0.15, 0.2) is 0 Å². The van der Waals surface area contributed by atoms with E-state index in [1.807, 2.05) is 0 Å². The molecule has 0 spiro atoms. The van der Waals surface area contributed by atoms with Crippen LogP contribution in [0.25, 0.3) is 0 Å². The number of hydrogen-bond donors (Lipinski definition) is 1. The zero-order valence-electron chi connectivity index (χ0n) is 5.35. The SMILES string of the molecule is C[C@@H]1N[C@@H]1C1CCC1. The van der Waals surface area contributed by atoms with Crippen LogP contribution in [0.5, 0.6) is 0 Å². The molecule has 0 unspecified atom stereocenters. The van der Waals surface area contributed by atoms with Gasteiger partial charge in [-0.15, -0.1) is 0 Å². The molecule has 1 nitrogen and oxygen atoms in total. The van der Waals surface area contributed by atoms with Crippen molar-refractivity contribution in [3.8, 4) is 0 Å². The van der Waals surface area contributed by atoms with Gasteiger partial charge in [0.15, 0.2) is 0 Å². The Bertz CT molecular complexity index is 93.8. The molecule has 2 fully saturated rings. The van der Waals surface area contributed by atoms with Crippen molar-refractivity contribution in [1.29, 1.82) is 0 Å². The van der Waals surface area contributed by atoms with Crippen LogP contribution < -0.4 is 5.32 Å². The van der Waals surface area contributed by atoms with Crippen LogP contribution >= 0.6 is 0 Å². The Morgan fingerprint density at radius 1 is 1.38 bits per heavy atom. The monoisotopic (exact) mass is 111 g/mol. The van der Waals surface area contributed by atoms with Crippen LogP contribution in [-0.2, 0) is 0 Å². The maximum absolute atomic E-state index is 3.43. The highest BCUT2D eigenvalue weighted by molar-refractivity contribution is 5.01. The Morgan fingerprint density at radius 2 is 2.00 bits per heavy atom. The summed E-state index contributed by atoms with van der Waals surface area (Å²) < 4.78 is 0. The van der Waals surface area contributed by atoms with Crippen molar-refractivity contribution in [3.05, 3.63) is 0 Å². The molecule has 1 N–H and O–H groups in total. The van der Waals surface area contributed by atoms with Crippen LogP contribution in [0.1, 0.15) is 26.2 Å². The fourth-order valence-electron chi connectivity index (χ4n) is 1.59. The van der Waals surface area contributed by atoms with Gasteiger partial charge in [0.1, 0.15) is 0 Å². The van der Waals surface area contributed by atoms with Crippen molar-refractivity contribution in [2.75, 3.05) is 0 Å². The molecule has 46 valence electrons. The molecule has 2 rings (SSSR count). The summed E-state index contributed by atoms with van der Waals surface area (Å²) in [7, 11) is 0. The maximum atomic E-state index is 3.43. The third-order valence-corrected chi connectivity index (χ3v) is 2.54. The van der Waals surface area contributed by atoms with Gasteiger partial charge < -0.3 is 5.32 Å². The Balaban J connectivity index is 1.82. The van der Waals surface area contributed by atoms with Crippen LogP contribution in [0, 0.1) is 5.92 Å². The molecule has 0 radical (unpaired) electrons. The summed E-state index contributed by atoms with van der Waals surface area (Å²) in [5, 5.41) is 3.43. The zero-order valence-corrected chi connectivity index (χ0v) is 5.35. The first kappa shape index (κ1) is 4.80. The van der Waals surface area contributed by atoms with Gasteiger partial charge in [0, 0.05) is 12.1 Å². The summed E-state index contributed by atoms with van der Waals surface area (Å²) >= 11 is 0. The molecule has 1 aliphatic heterocycles. The fourth-order valence-corrected chi connectivity index (χ4v) is 1.59. The van der Waals surface area contributed by atoms with E-state index in [1.165, 1.54) is 19.3 Å². The van der Waals surface area contributed by atoms with Gasteiger partial charge in [-0.25, -0.2) is 0 Å². The van der Waals surface area contributed by atoms with E-state index in [0.717, 1.165) is 18.0 Å². The van der Waals surface area contributed by atoms with Crippen LogP contribution in [0.2, 0.25) is 0 Å². The molecule has 8 heavy (non-hydrogen) atoms. The molecule has 1 aliphatic carbocycles. The second-order valence-corrected chi connectivity index (χ2v) is 3.17. The topological polar surface area (TPSA) is 21.9 Å². The van der Waals surface area contributed by atoms with Gasteiger partial charge in [0.05, 0.1) is 0 Å². The Labute approximate surface area is 50.5 Å². The van der Waals surface area contributed by atoms with Crippen molar-refractivity contribution >= 4 is 0 Å². The summed E-state index contributed by atoms with van der Waals surface area (Å²) in [6, 6.07) is 1.77. The summed E-state index contributed by atoms with van der Waals surface area (Å²) in [5.74, 6) is 1.06. The normalized spacial score (nSPS) is 46.1. The smallest absolute Gasteiger partial charge is 0.0249 e. The summed E-state index contributed by atoms with van der Waals surface area (Å²) in [5.41, 5.74) is 0. The number of rotatable bonds is 1. The molecule has 0 aromatic rings. The van der Waals surface area contributed by atoms with Gasteiger partial charge in [-0.3, -0.25) is 0 Å². The van der Waals surface area contributed by atoms with E-state index >= 15 is 0 Å². The largest absolute Gasteiger partial charge is 0.308 e. The quantitative estimate of drug-likeness (QED) is 0.504. The van der Waals surface area contributed by atoms with E-state index in [9.17, 15) is 0 Å². The molecule has 1 saturated heterocycles. The molecular formula is C7H13N. The van der Waals surface area contributed by atoms with E-state index in [4.69, 9.17) is 0 Å². The van der Waals surface area contributed by atoms with Crippen LogP contribution in [0.4, 0.5) is 0 Å². The van der Waals surface area contributed by atoms with Crippen molar-refractivity contribution in [1.82, 2.24) is 5.32 Å². The first-order valence-corrected chi connectivity index (χ1v) is 3.64. The van der Waals surface area contributed by atoms with Gasteiger partial charge in [0.2, 0.25) is 0 Å². The van der Waals surface area contributed by atoms with Gasteiger partial charge in [-0.1, -0.05) is 6.42 Å². The second-order valence-electron chi connectivity index (χ2n) is 3.17. The average Bonchev–Trinajstić information content (AvgIpc) is 2.13. The molecule has 1 saturated carbocycles. The molecule has 2 atom stereocenters. The van der Waals surface area contributed by atoms with Crippen molar-refractivity contribution < 1.29 is 0 Å². The third kappa shape index (κ3) is 0.576. The predicted octanol–water partition coefficient (Wildman–Crippen LogP) is 1.15. The molecule has 1 heterocycles. The van der Waals surface area contributed by atoms with E-state index in [1.54, 1.807) is 0 Å². The van der Waals surface area contributed by atoms with Crippen molar-refractivity contribution in [3.63, 3.8) is 0 Å². The second kappa shape index (κ2) is 1.47. The van der Waals surface area contributed by atoms with E-state index in [-0.39, 0.29) is 0 Å². The first-order valence-electron chi connectivity index (χ1n) is 3.64. The van der Waals surface area contributed by atoms with E-state index < -0.39 is 0 Å². The summed E-state index contributed by atoms with van der Waals surface area (Å²) in [6.07, 6.45) is 4.46. The molecule has 0 aromatic carbocycles. The lowest BCUT2D eigenvalue weighted by molar-refractivity contribution is 0.306. The minimum absolute atomic E-state index is 0.847. The van der Waals surface area contributed by atoms with Gasteiger partial charge >= 0.3 is 0 Å². The molecule has 0 aromatic heterocycles. The average molecular weight is 111 g/mol. The van der Waals surface area contributed by atoms with E-state index in [0.29, 0.717) is 0 Å². The lowest BCUT2D eigenvalue weighted by atomic mass is 9.82. The lowest BCUT2D eigenvalue weighted by Gasteiger charge is -2.24. The Kier molecular flexibility index (Phi) is 0.884. The minimum atomic E-state index is 0.847. The van der Waals surface area contributed by atoms with Crippen LogP contribution in [-0.4, -0.2) is 12.1 Å². The fraction of sp³-hybridized carbons (Fsp3) is 1.00. The highest BCUT2D eigenvalue weighted by atomic mass is 15.1. The highest BCUT2D eigenvalue weighted by Crippen LogP contribution is 2.35. The van der Waals surface area contributed by atoms with Gasteiger partial charge in [-0.05, 0) is 25.7 Å². The Morgan fingerprint density at radius 3 is 2.12 bits per heavy atom. The molecule has 0 bridgehead atoms. The predicted molar refractivity (Wildman–Crippen MR) is 33.7 cm³/mol. The number of nitrogens with one attached hydrogen (secondary N) is 1. The molecule has 1 heteroatoms. The first-order chi connectivity index (χ1) is 3.88. The molecular weight excluding hydrogens is 98.1 g/mol. The molecule has 0 amide bonds. The summed E-state index contributed by atoms with van der Waals surface area (Å²) in [4.78, 5) is 0. The Hall–Kier alpha value is -0.0400. The van der Waals surface area contributed by atoms with Crippen molar-refractivity contribution in [2.24, 2.45) is 5.92 Å². The van der Waals surface area contributed by atoms with Crippen LogP contribution in [0.3, 0.4) is 0 Å². The summed E-state index contributed by atoms with van der Waals surface area (Å²) in [6.45, 7) is 2.28. The van der Waals surface area contributed by atoms with Gasteiger partial charge in [-0.2, -0.15) is 0 Å². The van der Waals surface area contributed by atoms with Gasteiger partial charge in [0.25, 0.3) is 0 Å². The molecule has 2 aliphatic rings. The third-order valence-electron chi connectivity index (χ3n) is 2.54. The maximum Gasteiger partial charge on any atom is 0.0249 e. The number of hydrogen-bond acceptors (Lipinski definition) is 1. The minimum Gasteiger partial charge on any atom is -0.308 e. The van der Waals surface area contributed by atoms with E-state index in [2.05, 4.69) is 12.2 Å². The lowest BCUT2D eigenvalue weighted by Crippen LogP contribution is -2.19. The highest BCUT2D eigenvalue weighted by Gasteiger charge is 2.40.